The highest BCUT2D eigenvalue weighted by molar-refractivity contribution is 7.45. The van der Waals surface area contributed by atoms with Crippen LogP contribution in [-0.4, -0.2) is 68.5 Å². The molecule has 0 radical (unpaired) electrons. The number of amides is 1. The number of carbonyl (C=O) groups excluding carboxylic acids is 1. The molecule has 0 rings (SSSR count). The fourth-order valence-corrected chi connectivity index (χ4v) is 9.76. The van der Waals surface area contributed by atoms with Crippen LogP contribution in [0.1, 0.15) is 277 Å². The quantitative estimate of drug-likeness (QED) is 0.0272. The summed E-state index contributed by atoms with van der Waals surface area (Å²) in [6.07, 6.45) is 83.6. The number of hydrogen-bond donors (Lipinski definition) is 2. The number of hydrogen-bond acceptors (Lipinski definition) is 6. The Hall–Kier alpha value is -2.58. The van der Waals surface area contributed by atoms with Gasteiger partial charge in [-0.3, -0.25) is 9.36 Å². The fraction of sp³-hybridized carbons (Fsp3) is 0.750. The van der Waals surface area contributed by atoms with Crippen molar-refractivity contribution in [3.05, 3.63) is 97.2 Å². The van der Waals surface area contributed by atoms with Crippen LogP contribution in [0.3, 0.4) is 0 Å². The van der Waals surface area contributed by atoms with E-state index in [1.807, 2.05) is 27.2 Å². The monoisotopic (exact) mass is 1090 g/mol. The van der Waals surface area contributed by atoms with Gasteiger partial charge in [0.15, 0.2) is 0 Å². The number of rotatable bonds is 58. The van der Waals surface area contributed by atoms with Crippen LogP contribution in [0.25, 0.3) is 0 Å². The Morgan fingerprint density at radius 1 is 0.468 bits per heavy atom. The number of allylic oxidation sites excluding steroid dienone is 15. The second kappa shape index (κ2) is 58.1. The number of nitrogens with one attached hydrogen (secondary N) is 1. The summed E-state index contributed by atoms with van der Waals surface area (Å²) in [5, 5.41) is 13.9. The summed E-state index contributed by atoms with van der Waals surface area (Å²) in [6.45, 7) is 4.53. The molecule has 0 bridgehead atoms. The molecule has 0 aromatic heterocycles. The Morgan fingerprint density at radius 2 is 0.805 bits per heavy atom. The third-order valence-corrected chi connectivity index (χ3v) is 15.0. The van der Waals surface area contributed by atoms with E-state index in [9.17, 15) is 19.4 Å². The van der Waals surface area contributed by atoms with Crippen molar-refractivity contribution >= 4 is 13.7 Å². The van der Waals surface area contributed by atoms with Gasteiger partial charge in [-0.2, -0.15) is 0 Å². The molecule has 77 heavy (non-hydrogen) atoms. The summed E-state index contributed by atoms with van der Waals surface area (Å²) >= 11 is 0. The molecule has 0 spiro atoms. The SMILES string of the molecule is CC/C=C\C/C=C\C/C=C\C/C=C\C/C=C\CCCCCCCCCCCCCCCCCC(=O)NC(COP(=O)([O-])OCC[N+](C)(C)C)C(O)/C=C/CC/C=C/CC/C=C/CCCCCCCCCCCCCCCC. The lowest BCUT2D eigenvalue weighted by Gasteiger charge is -2.29. The maximum atomic E-state index is 13.0. The molecule has 2 N–H and O–H groups in total. The number of phosphoric ester groups is 1. The molecule has 3 atom stereocenters. The van der Waals surface area contributed by atoms with Gasteiger partial charge >= 0.3 is 0 Å². The van der Waals surface area contributed by atoms with Crippen LogP contribution < -0.4 is 10.2 Å². The van der Waals surface area contributed by atoms with Crippen molar-refractivity contribution in [3.8, 4) is 0 Å². The largest absolute Gasteiger partial charge is 0.756 e. The van der Waals surface area contributed by atoms with Gasteiger partial charge < -0.3 is 28.8 Å². The maximum absolute atomic E-state index is 13.0. The Bertz CT molecular complexity index is 1570. The van der Waals surface area contributed by atoms with Crippen molar-refractivity contribution in [3.63, 3.8) is 0 Å². The van der Waals surface area contributed by atoms with Crippen LogP contribution in [-0.2, 0) is 18.4 Å². The zero-order valence-electron chi connectivity index (χ0n) is 50.9. The summed E-state index contributed by atoms with van der Waals surface area (Å²) in [7, 11) is 1.23. The summed E-state index contributed by atoms with van der Waals surface area (Å²) in [6, 6.07) is -0.916. The van der Waals surface area contributed by atoms with Crippen LogP contribution in [0, 0.1) is 0 Å². The molecule has 0 aromatic rings. The first kappa shape index (κ1) is 74.4. The number of carbonyl (C=O) groups is 1. The second-order valence-electron chi connectivity index (χ2n) is 22.7. The number of likely N-dealkylation sites (N-methyl/N-ethyl adjacent to an activating group) is 1. The average Bonchev–Trinajstić information content (AvgIpc) is 3.39. The van der Waals surface area contributed by atoms with Gasteiger partial charge in [0.2, 0.25) is 5.91 Å². The summed E-state index contributed by atoms with van der Waals surface area (Å²) in [5.41, 5.74) is 0. The van der Waals surface area contributed by atoms with E-state index in [0.29, 0.717) is 17.4 Å². The summed E-state index contributed by atoms with van der Waals surface area (Å²) in [4.78, 5) is 25.6. The minimum atomic E-state index is -4.62. The fourth-order valence-electron chi connectivity index (χ4n) is 9.04. The van der Waals surface area contributed by atoms with E-state index in [1.54, 1.807) is 6.08 Å². The summed E-state index contributed by atoms with van der Waals surface area (Å²) in [5.74, 6) is -0.212. The Labute approximate surface area is 477 Å². The minimum Gasteiger partial charge on any atom is -0.756 e. The molecular weight excluding hydrogens is 972 g/mol. The molecule has 0 heterocycles. The van der Waals surface area contributed by atoms with Crippen LogP contribution in [0.2, 0.25) is 0 Å². The van der Waals surface area contributed by atoms with Gasteiger partial charge in [0.1, 0.15) is 13.2 Å². The van der Waals surface area contributed by atoms with Gasteiger partial charge in [0.05, 0.1) is 39.9 Å². The van der Waals surface area contributed by atoms with Crippen molar-refractivity contribution in [2.45, 2.75) is 289 Å². The lowest BCUT2D eigenvalue weighted by atomic mass is 10.0. The van der Waals surface area contributed by atoms with Gasteiger partial charge in [0, 0.05) is 6.42 Å². The minimum absolute atomic E-state index is 0.0121. The van der Waals surface area contributed by atoms with E-state index in [2.05, 4.69) is 104 Å². The smallest absolute Gasteiger partial charge is 0.268 e. The normalized spacial score (nSPS) is 14.4. The topological polar surface area (TPSA) is 108 Å². The molecule has 1 amide bonds. The molecule has 0 saturated heterocycles. The van der Waals surface area contributed by atoms with Gasteiger partial charge in [-0.1, -0.05) is 278 Å². The second-order valence-corrected chi connectivity index (χ2v) is 24.1. The van der Waals surface area contributed by atoms with E-state index in [1.165, 1.54) is 180 Å². The molecule has 0 aliphatic heterocycles. The molecule has 0 saturated carbocycles. The first-order chi connectivity index (χ1) is 37.5. The number of aliphatic hydroxyl groups excluding tert-OH is 1. The highest BCUT2D eigenvalue weighted by Crippen LogP contribution is 2.38. The predicted molar refractivity (Wildman–Crippen MR) is 334 cm³/mol. The Morgan fingerprint density at radius 3 is 1.21 bits per heavy atom. The lowest BCUT2D eigenvalue weighted by Crippen LogP contribution is -2.45. The van der Waals surface area contributed by atoms with E-state index in [0.717, 1.165) is 77.0 Å². The van der Waals surface area contributed by atoms with Crippen molar-refractivity contribution < 1.29 is 32.9 Å². The Kier molecular flexibility index (Phi) is 56.1. The van der Waals surface area contributed by atoms with E-state index >= 15 is 0 Å². The molecular formula is C68H123N2O6P. The highest BCUT2D eigenvalue weighted by Gasteiger charge is 2.23. The van der Waals surface area contributed by atoms with E-state index < -0.39 is 26.6 Å². The first-order valence-corrected chi connectivity index (χ1v) is 33.6. The highest BCUT2D eigenvalue weighted by atomic mass is 31.2. The van der Waals surface area contributed by atoms with Crippen molar-refractivity contribution in [1.29, 1.82) is 0 Å². The molecule has 0 aromatic carbocycles. The molecule has 9 heteroatoms. The third kappa shape index (κ3) is 60.9. The van der Waals surface area contributed by atoms with Gasteiger partial charge in [-0.15, -0.1) is 0 Å². The summed E-state index contributed by atoms with van der Waals surface area (Å²) < 4.78 is 23.4. The zero-order valence-corrected chi connectivity index (χ0v) is 51.8. The number of nitrogens with zero attached hydrogens (tertiary/aromatic N) is 1. The van der Waals surface area contributed by atoms with Crippen molar-refractivity contribution in [1.82, 2.24) is 5.32 Å². The number of unbranched alkanes of at least 4 members (excludes halogenated alkanes) is 31. The van der Waals surface area contributed by atoms with Crippen LogP contribution >= 0.6 is 7.82 Å². The van der Waals surface area contributed by atoms with Gasteiger partial charge in [-0.25, -0.2) is 0 Å². The standard InChI is InChI=1S/C68H123N2O6P/c1-6-8-10-12-14-16-18-20-22-24-26-28-30-32-33-34-35-36-37-38-40-42-44-46-48-50-52-54-56-58-60-62-68(72)69-66(65-76-77(73,74)75-64-63-70(3,4)5)67(71)61-59-57-55-53-51-49-47-45-43-41-39-31-29-27-25-23-21-19-17-15-13-11-9-7-2/h8,10,14,16,20,22,26,28,32-33,43,45,51,53,59,61,66-67,71H,6-7,9,11-13,15,17-19,21,23-25,27,29-31,34-42,44,46-50,52,54-58,60,62-65H2,1-5H3,(H-,69,72,73,74)/b10-8-,16-14-,22-20-,28-26-,33-32-,45-43+,53-51+,61-59+. The lowest BCUT2D eigenvalue weighted by molar-refractivity contribution is -0.870. The predicted octanol–water partition coefficient (Wildman–Crippen LogP) is 19.5. The number of aliphatic hydroxyl groups is 1. The van der Waals surface area contributed by atoms with Gasteiger partial charge in [0.25, 0.3) is 7.82 Å². The molecule has 3 unspecified atom stereocenters. The molecule has 446 valence electrons. The number of phosphoric acid groups is 1. The average molecular weight is 1100 g/mol. The van der Waals surface area contributed by atoms with E-state index in [-0.39, 0.29) is 12.5 Å². The third-order valence-electron chi connectivity index (χ3n) is 14.0. The van der Waals surface area contributed by atoms with Crippen LogP contribution in [0.4, 0.5) is 0 Å². The van der Waals surface area contributed by atoms with Crippen LogP contribution in [0.5, 0.6) is 0 Å². The zero-order chi connectivity index (χ0) is 56.3. The first-order valence-electron chi connectivity index (χ1n) is 32.1. The van der Waals surface area contributed by atoms with E-state index in [4.69, 9.17) is 9.05 Å². The van der Waals surface area contributed by atoms with Crippen molar-refractivity contribution in [2.24, 2.45) is 0 Å². The van der Waals surface area contributed by atoms with Crippen molar-refractivity contribution in [2.75, 3.05) is 40.9 Å². The maximum Gasteiger partial charge on any atom is 0.268 e. The van der Waals surface area contributed by atoms with Crippen LogP contribution in [0.15, 0.2) is 97.2 Å². The molecule has 0 aliphatic rings. The molecule has 0 aliphatic carbocycles. The number of quaternary nitrogens is 1. The van der Waals surface area contributed by atoms with Gasteiger partial charge in [-0.05, 0) is 89.9 Å². The Balaban J connectivity index is 4.19. The molecule has 8 nitrogen and oxygen atoms in total. The molecule has 0 fully saturated rings.